The Hall–Kier alpha value is -1.80. The van der Waals surface area contributed by atoms with Crippen molar-refractivity contribution in [2.45, 2.75) is 37.0 Å². The van der Waals surface area contributed by atoms with Gasteiger partial charge in [-0.25, -0.2) is 8.42 Å². The second kappa shape index (κ2) is 9.36. The standard InChI is InChI=1S/C22H25Cl2N3O3S/c23-17-7-9-20(26-10-2-1-3-11-26)19(15-17)25-22(28)16-6-8-18(24)21(14-16)31(29,30)27-12-4-5-13-27/h6-9,14-15H,1-5,10-13H2,(H,25,28). The van der Waals surface area contributed by atoms with Gasteiger partial charge in [0, 0.05) is 36.8 Å². The highest BCUT2D eigenvalue weighted by atomic mass is 35.5. The van der Waals surface area contributed by atoms with Gasteiger partial charge >= 0.3 is 0 Å². The Morgan fingerprint density at radius 1 is 0.871 bits per heavy atom. The number of nitrogens with zero attached hydrogens (tertiary/aromatic N) is 2. The van der Waals surface area contributed by atoms with E-state index in [2.05, 4.69) is 10.2 Å². The quantitative estimate of drug-likeness (QED) is 0.650. The van der Waals surface area contributed by atoms with E-state index in [1.165, 1.54) is 28.9 Å². The van der Waals surface area contributed by atoms with Crippen molar-refractivity contribution in [3.63, 3.8) is 0 Å². The van der Waals surface area contributed by atoms with Gasteiger partial charge in [-0.05, 0) is 68.5 Å². The van der Waals surface area contributed by atoms with Crippen LogP contribution in [0.2, 0.25) is 10.0 Å². The first kappa shape index (κ1) is 22.4. The lowest BCUT2D eigenvalue weighted by Gasteiger charge is -2.30. The van der Waals surface area contributed by atoms with Crippen LogP contribution in [-0.4, -0.2) is 44.8 Å². The van der Waals surface area contributed by atoms with Crippen LogP contribution in [0.15, 0.2) is 41.3 Å². The van der Waals surface area contributed by atoms with Gasteiger partial charge in [0.05, 0.1) is 16.4 Å². The third kappa shape index (κ3) is 4.85. The molecule has 0 saturated carbocycles. The van der Waals surface area contributed by atoms with Crippen molar-refractivity contribution in [1.82, 2.24) is 4.31 Å². The normalized spacial score (nSPS) is 17.7. The number of anilines is 2. The molecule has 31 heavy (non-hydrogen) atoms. The number of halogens is 2. The van der Waals surface area contributed by atoms with Gasteiger partial charge in [0.15, 0.2) is 0 Å². The maximum absolute atomic E-state index is 13.0. The molecule has 1 amide bonds. The molecule has 1 N–H and O–H groups in total. The monoisotopic (exact) mass is 481 g/mol. The SMILES string of the molecule is O=C(Nc1cc(Cl)ccc1N1CCCCC1)c1ccc(Cl)c(S(=O)(=O)N2CCCC2)c1. The van der Waals surface area contributed by atoms with Crippen LogP contribution in [0.3, 0.4) is 0 Å². The Bertz CT molecular complexity index is 1080. The Balaban J connectivity index is 1.62. The number of benzene rings is 2. The van der Waals surface area contributed by atoms with E-state index in [4.69, 9.17) is 23.2 Å². The van der Waals surface area contributed by atoms with Gasteiger partial charge in [-0.3, -0.25) is 4.79 Å². The molecule has 4 rings (SSSR count). The van der Waals surface area contributed by atoms with Crippen LogP contribution in [0.1, 0.15) is 42.5 Å². The van der Waals surface area contributed by atoms with Gasteiger partial charge in [-0.15, -0.1) is 0 Å². The predicted molar refractivity (Wildman–Crippen MR) is 125 cm³/mol. The van der Waals surface area contributed by atoms with Crippen molar-refractivity contribution < 1.29 is 13.2 Å². The average Bonchev–Trinajstić information content (AvgIpc) is 3.30. The first-order valence-electron chi connectivity index (χ1n) is 10.5. The molecule has 2 saturated heterocycles. The smallest absolute Gasteiger partial charge is 0.255 e. The number of carbonyl (C=O) groups excluding carboxylic acids is 1. The highest BCUT2D eigenvalue weighted by Crippen LogP contribution is 2.32. The van der Waals surface area contributed by atoms with E-state index in [0.29, 0.717) is 23.8 Å². The number of hydrogen-bond acceptors (Lipinski definition) is 4. The summed E-state index contributed by atoms with van der Waals surface area (Å²) in [7, 11) is -3.74. The largest absolute Gasteiger partial charge is 0.370 e. The molecule has 166 valence electrons. The van der Waals surface area contributed by atoms with Crippen LogP contribution in [0.4, 0.5) is 11.4 Å². The minimum absolute atomic E-state index is 0.0361. The summed E-state index contributed by atoms with van der Waals surface area (Å²) >= 11 is 12.4. The van der Waals surface area contributed by atoms with E-state index >= 15 is 0 Å². The zero-order valence-corrected chi connectivity index (χ0v) is 19.4. The molecule has 0 bridgehead atoms. The van der Waals surface area contributed by atoms with E-state index in [9.17, 15) is 13.2 Å². The highest BCUT2D eigenvalue weighted by molar-refractivity contribution is 7.89. The number of rotatable bonds is 5. The van der Waals surface area contributed by atoms with Gasteiger partial charge in [-0.2, -0.15) is 4.31 Å². The fourth-order valence-electron chi connectivity index (χ4n) is 4.12. The van der Waals surface area contributed by atoms with Crippen molar-refractivity contribution in [3.05, 3.63) is 52.0 Å². The number of carbonyl (C=O) groups is 1. The maximum atomic E-state index is 13.0. The van der Waals surface area contributed by atoms with Crippen LogP contribution in [-0.2, 0) is 10.0 Å². The van der Waals surface area contributed by atoms with Crippen molar-refractivity contribution in [2.75, 3.05) is 36.4 Å². The van der Waals surface area contributed by atoms with Gasteiger partial charge in [0.25, 0.3) is 5.91 Å². The predicted octanol–water partition coefficient (Wildman–Crippen LogP) is 5.02. The molecule has 0 aromatic heterocycles. The molecule has 0 atom stereocenters. The number of amides is 1. The van der Waals surface area contributed by atoms with Crippen LogP contribution in [0, 0.1) is 0 Å². The number of piperidine rings is 1. The Morgan fingerprint density at radius 3 is 2.26 bits per heavy atom. The van der Waals surface area contributed by atoms with Crippen LogP contribution in [0.25, 0.3) is 0 Å². The van der Waals surface area contributed by atoms with Crippen LogP contribution >= 0.6 is 23.2 Å². The summed E-state index contributed by atoms with van der Waals surface area (Å²) in [5.74, 6) is -0.407. The lowest BCUT2D eigenvalue weighted by Crippen LogP contribution is -2.30. The zero-order chi connectivity index (χ0) is 22.0. The zero-order valence-electron chi connectivity index (χ0n) is 17.1. The molecule has 9 heteroatoms. The summed E-state index contributed by atoms with van der Waals surface area (Å²) in [4.78, 5) is 15.2. The third-order valence-corrected chi connectivity index (χ3v) is 8.40. The molecule has 0 radical (unpaired) electrons. The summed E-state index contributed by atoms with van der Waals surface area (Å²) < 4.78 is 27.4. The molecule has 2 fully saturated rings. The summed E-state index contributed by atoms with van der Waals surface area (Å²) in [5, 5.41) is 3.55. The first-order valence-corrected chi connectivity index (χ1v) is 12.7. The minimum atomic E-state index is -3.74. The molecule has 0 spiro atoms. The second-order valence-electron chi connectivity index (χ2n) is 7.92. The number of nitrogens with one attached hydrogen (secondary N) is 1. The van der Waals surface area contributed by atoms with Gasteiger partial charge in [0.1, 0.15) is 4.90 Å². The molecule has 2 aromatic carbocycles. The molecular formula is C22H25Cl2N3O3S. The molecule has 2 aliphatic heterocycles. The lowest BCUT2D eigenvalue weighted by atomic mass is 10.1. The van der Waals surface area contributed by atoms with Gasteiger partial charge in [0.2, 0.25) is 10.0 Å². The lowest BCUT2D eigenvalue weighted by molar-refractivity contribution is 0.102. The molecule has 0 aliphatic carbocycles. The number of hydrogen-bond donors (Lipinski definition) is 1. The second-order valence-corrected chi connectivity index (χ2v) is 10.7. The van der Waals surface area contributed by atoms with E-state index < -0.39 is 15.9 Å². The molecular weight excluding hydrogens is 457 g/mol. The van der Waals surface area contributed by atoms with Crippen molar-refractivity contribution >= 4 is 50.5 Å². The summed E-state index contributed by atoms with van der Waals surface area (Å²) in [6.45, 7) is 2.78. The summed E-state index contributed by atoms with van der Waals surface area (Å²) in [5.41, 5.74) is 1.75. The fourth-order valence-corrected chi connectivity index (χ4v) is 6.31. The van der Waals surface area contributed by atoms with E-state index in [1.807, 2.05) is 12.1 Å². The third-order valence-electron chi connectivity index (χ3n) is 5.78. The summed E-state index contributed by atoms with van der Waals surface area (Å²) in [6, 6.07) is 9.80. The highest BCUT2D eigenvalue weighted by Gasteiger charge is 2.30. The average molecular weight is 482 g/mol. The topological polar surface area (TPSA) is 69.7 Å². The first-order chi connectivity index (χ1) is 14.9. The molecule has 0 unspecified atom stereocenters. The van der Waals surface area contributed by atoms with Crippen LogP contribution < -0.4 is 10.2 Å². The molecule has 2 aromatic rings. The van der Waals surface area contributed by atoms with Crippen molar-refractivity contribution in [2.24, 2.45) is 0 Å². The van der Waals surface area contributed by atoms with Crippen LogP contribution in [0.5, 0.6) is 0 Å². The molecule has 2 aliphatic rings. The van der Waals surface area contributed by atoms with Gasteiger partial charge in [-0.1, -0.05) is 23.2 Å². The summed E-state index contributed by atoms with van der Waals surface area (Å²) in [6.07, 6.45) is 5.05. The Morgan fingerprint density at radius 2 is 1.55 bits per heavy atom. The maximum Gasteiger partial charge on any atom is 0.255 e. The Kier molecular flexibility index (Phi) is 6.77. The fraction of sp³-hybridized carbons (Fsp3) is 0.409. The number of sulfonamides is 1. The van der Waals surface area contributed by atoms with E-state index in [1.54, 1.807) is 6.07 Å². The van der Waals surface area contributed by atoms with E-state index in [-0.39, 0.29) is 15.5 Å². The van der Waals surface area contributed by atoms with Crippen molar-refractivity contribution in [3.8, 4) is 0 Å². The minimum Gasteiger partial charge on any atom is -0.370 e. The molecule has 2 heterocycles. The van der Waals surface area contributed by atoms with Gasteiger partial charge < -0.3 is 10.2 Å². The molecule has 6 nitrogen and oxygen atoms in total. The van der Waals surface area contributed by atoms with Crippen molar-refractivity contribution in [1.29, 1.82) is 0 Å². The van der Waals surface area contributed by atoms with E-state index in [0.717, 1.165) is 44.5 Å². The Labute approximate surface area is 193 Å².